The average Bonchev–Trinajstić information content (AvgIpc) is 2.37. The molecule has 5 heteroatoms. The molecule has 1 rings (SSSR count). The van der Waals surface area contributed by atoms with Gasteiger partial charge in [-0.25, -0.2) is 4.79 Å². The first-order valence-corrected chi connectivity index (χ1v) is 8.99. The van der Waals surface area contributed by atoms with Crippen LogP contribution in [-0.4, -0.2) is 54.8 Å². The van der Waals surface area contributed by atoms with Crippen LogP contribution in [0.4, 0.5) is 4.79 Å². The zero-order valence-electron chi connectivity index (χ0n) is 13.4. The van der Waals surface area contributed by atoms with E-state index in [0.29, 0.717) is 5.92 Å². The molecular weight excluding hydrogens is 272 g/mol. The minimum atomic E-state index is -0.403. The molecule has 1 N–H and O–H groups in total. The Hall–Kier alpha value is -0.420. The maximum absolute atomic E-state index is 12.1. The second-order valence-corrected chi connectivity index (χ2v) is 7.47. The summed E-state index contributed by atoms with van der Waals surface area (Å²) in [4.78, 5) is 13.9. The molecule has 1 unspecified atom stereocenters. The molecule has 1 saturated heterocycles. The van der Waals surface area contributed by atoms with Gasteiger partial charge < -0.3 is 15.0 Å². The van der Waals surface area contributed by atoms with Crippen LogP contribution in [0.3, 0.4) is 0 Å². The molecule has 0 aromatic carbocycles. The van der Waals surface area contributed by atoms with Gasteiger partial charge in [0.15, 0.2) is 0 Å². The highest BCUT2D eigenvalue weighted by molar-refractivity contribution is 7.98. The first kappa shape index (κ1) is 17.6. The van der Waals surface area contributed by atoms with Gasteiger partial charge in [-0.1, -0.05) is 0 Å². The topological polar surface area (TPSA) is 41.6 Å². The molecule has 1 amide bonds. The number of thioether (sulfide) groups is 1. The molecule has 118 valence electrons. The lowest BCUT2D eigenvalue weighted by Gasteiger charge is -2.34. The number of amides is 1. The van der Waals surface area contributed by atoms with E-state index in [0.717, 1.165) is 32.6 Å². The van der Waals surface area contributed by atoms with Crippen molar-refractivity contribution in [1.82, 2.24) is 10.2 Å². The number of hydrogen-bond donors (Lipinski definition) is 1. The van der Waals surface area contributed by atoms with E-state index in [1.54, 1.807) is 0 Å². The van der Waals surface area contributed by atoms with E-state index in [4.69, 9.17) is 4.74 Å². The Balaban J connectivity index is 2.26. The van der Waals surface area contributed by atoms with E-state index in [1.165, 1.54) is 18.6 Å². The molecule has 0 aromatic rings. The van der Waals surface area contributed by atoms with Crippen molar-refractivity contribution in [1.29, 1.82) is 0 Å². The number of carbonyl (C=O) groups is 1. The van der Waals surface area contributed by atoms with E-state index in [2.05, 4.69) is 11.6 Å². The van der Waals surface area contributed by atoms with Gasteiger partial charge in [-0.15, -0.1) is 0 Å². The molecule has 4 nitrogen and oxygen atoms in total. The second kappa shape index (κ2) is 8.78. The fourth-order valence-corrected chi connectivity index (χ4v) is 2.80. The molecule has 1 aliphatic heterocycles. The normalized spacial score (nSPS) is 20.0. The van der Waals surface area contributed by atoms with Crippen molar-refractivity contribution in [3.63, 3.8) is 0 Å². The van der Waals surface area contributed by atoms with Gasteiger partial charge >= 0.3 is 6.09 Å². The van der Waals surface area contributed by atoms with Crippen molar-refractivity contribution in [3.8, 4) is 0 Å². The van der Waals surface area contributed by atoms with Crippen molar-refractivity contribution < 1.29 is 9.53 Å². The Morgan fingerprint density at radius 2 is 2.20 bits per heavy atom. The third-order valence-corrected chi connectivity index (χ3v) is 4.00. The Morgan fingerprint density at radius 3 is 2.85 bits per heavy atom. The highest BCUT2D eigenvalue weighted by Gasteiger charge is 2.27. The molecule has 1 fully saturated rings. The van der Waals surface area contributed by atoms with E-state index in [-0.39, 0.29) is 6.09 Å². The predicted molar refractivity (Wildman–Crippen MR) is 86.4 cm³/mol. The summed E-state index contributed by atoms with van der Waals surface area (Å²) in [5, 5.41) is 3.51. The number of ether oxygens (including phenoxy) is 1. The minimum Gasteiger partial charge on any atom is -0.444 e. The fourth-order valence-electron chi connectivity index (χ4n) is 2.37. The van der Waals surface area contributed by atoms with Gasteiger partial charge in [0.1, 0.15) is 5.60 Å². The molecule has 0 radical (unpaired) electrons. The van der Waals surface area contributed by atoms with Gasteiger partial charge in [0.05, 0.1) is 0 Å². The first-order valence-electron chi connectivity index (χ1n) is 7.60. The summed E-state index contributed by atoms with van der Waals surface area (Å²) in [6.45, 7) is 9.48. The number of nitrogens with zero attached hydrogens (tertiary/aromatic N) is 1. The summed E-state index contributed by atoms with van der Waals surface area (Å²) in [7, 11) is 0. The van der Waals surface area contributed by atoms with Crippen molar-refractivity contribution in [2.45, 2.75) is 45.6 Å². The zero-order valence-corrected chi connectivity index (χ0v) is 14.2. The summed E-state index contributed by atoms with van der Waals surface area (Å²) in [5.74, 6) is 1.77. The molecule has 1 atom stereocenters. The molecule has 0 saturated carbocycles. The quantitative estimate of drug-likeness (QED) is 0.766. The van der Waals surface area contributed by atoms with Crippen LogP contribution in [0.25, 0.3) is 0 Å². The summed E-state index contributed by atoms with van der Waals surface area (Å²) in [6, 6.07) is 0. The molecule has 1 heterocycles. The highest BCUT2D eigenvalue weighted by Crippen LogP contribution is 2.18. The zero-order chi connectivity index (χ0) is 15.0. The number of rotatable bonds is 6. The monoisotopic (exact) mass is 302 g/mol. The van der Waals surface area contributed by atoms with Gasteiger partial charge in [-0.2, -0.15) is 11.8 Å². The number of likely N-dealkylation sites (tertiary alicyclic amines) is 1. The Bertz CT molecular complexity index is 292. The van der Waals surface area contributed by atoms with Crippen LogP contribution in [0.2, 0.25) is 0 Å². The standard InChI is InChI=1S/C15H30N2O2S/c1-15(2,3)19-14(18)17-9-5-7-13(12-17)11-16-8-6-10-20-4/h13,16H,5-12H2,1-4H3. The van der Waals surface area contributed by atoms with E-state index < -0.39 is 5.60 Å². The molecule has 20 heavy (non-hydrogen) atoms. The summed E-state index contributed by atoms with van der Waals surface area (Å²) >= 11 is 1.89. The van der Waals surface area contributed by atoms with Crippen molar-refractivity contribution in [2.24, 2.45) is 5.92 Å². The van der Waals surface area contributed by atoms with Crippen LogP contribution in [0.5, 0.6) is 0 Å². The molecule has 0 aliphatic carbocycles. The summed E-state index contributed by atoms with van der Waals surface area (Å²) in [6.07, 6.45) is 5.47. The summed E-state index contributed by atoms with van der Waals surface area (Å²) in [5.41, 5.74) is -0.403. The van der Waals surface area contributed by atoms with Gasteiger partial charge in [0.25, 0.3) is 0 Å². The first-order chi connectivity index (χ1) is 9.42. The molecule has 0 aromatic heterocycles. The van der Waals surface area contributed by atoms with E-state index in [1.807, 2.05) is 37.4 Å². The third-order valence-electron chi connectivity index (χ3n) is 3.31. The SMILES string of the molecule is CSCCCNCC1CCCN(C(=O)OC(C)(C)C)C1. The van der Waals surface area contributed by atoms with Gasteiger partial charge in [-0.05, 0) is 71.0 Å². The Kier molecular flexibility index (Phi) is 7.74. The number of carbonyl (C=O) groups excluding carboxylic acids is 1. The predicted octanol–water partition coefficient (Wildman–Crippen LogP) is 2.98. The van der Waals surface area contributed by atoms with Gasteiger partial charge in [0, 0.05) is 13.1 Å². The second-order valence-electron chi connectivity index (χ2n) is 6.49. The summed E-state index contributed by atoms with van der Waals surface area (Å²) < 4.78 is 5.45. The third kappa shape index (κ3) is 7.39. The smallest absolute Gasteiger partial charge is 0.410 e. The lowest BCUT2D eigenvalue weighted by Crippen LogP contribution is -2.45. The average molecular weight is 302 g/mol. The number of hydrogen-bond acceptors (Lipinski definition) is 4. The van der Waals surface area contributed by atoms with Gasteiger partial charge in [-0.3, -0.25) is 0 Å². The molecular formula is C15H30N2O2S. The largest absolute Gasteiger partial charge is 0.444 e. The molecule has 0 bridgehead atoms. The van der Waals surface area contributed by atoms with Gasteiger partial charge in [0.2, 0.25) is 0 Å². The fraction of sp³-hybridized carbons (Fsp3) is 0.933. The van der Waals surface area contributed by atoms with Crippen LogP contribution < -0.4 is 5.32 Å². The van der Waals surface area contributed by atoms with Crippen molar-refractivity contribution >= 4 is 17.9 Å². The van der Waals surface area contributed by atoms with Crippen molar-refractivity contribution in [3.05, 3.63) is 0 Å². The van der Waals surface area contributed by atoms with E-state index >= 15 is 0 Å². The minimum absolute atomic E-state index is 0.162. The lowest BCUT2D eigenvalue weighted by atomic mass is 9.98. The van der Waals surface area contributed by atoms with Crippen LogP contribution in [0.1, 0.15) is 40.0 Å². The van der Waals surface area contributed by atoms with Crippen LogP contribution in [0, 0.1) is 5.92 Å². The number of piperidine rings is 1. The maximum Gasteiger partial charge on any atom is 0.410 e. The lowest BCUT2D eigenvalue weighted by molar-refractivity contribution is 0.0166. The van der Waals surface area contributed by atoms with Crippen LogP contribution >= 0.6 is 11.8 Å². The Morgan fingerprint density at radius 1 is 1.45 bits per heavy atom. The Labute approximate surface area is 128 Å². The van der Waals surface area contributed by atoms with E-state index in [9.17, 15) is 4.79 Å². The van der Waals surface area contributed by atoms with Crippen LogP contribution in [0.15, 0.2) is 0 Å². The van der Waals surface area contributed by atoms with Crippen molar-refractivity contribution in [2.75, 3.05) is 38.2 Å². The molecule has 1 aliphatic rings. The highest BCUT2D eigenvalue weighted by atomic mass is 32.2. The van der Waals surface area contributed by atoms with Crippen LogP contribution in [-0.2, 0) is 4.74 Å². The molecule has 0 spiro atoms. The maximum atomic E-state index is 12.1. The number of nitrogens with one attached hydrogen (secondary N) is 1.